The van der Waals surface area contributed by atoms with Gasteiger partial charge in [-0.15, -0.1) is 0 Å². The summed E-state index contributed by atoms with van der Waals surface area (Å²) in [5.41, 5.74) is 1.55. The molecule has 22 heavy (non-hydrogen) atoms. The molecular formula is C15H16ClNO4S. The highest BCUT2D eigenvalue weighted by molar-refractivity contribution is 7.83. The van der Waals surface area contributed by atoms with Gasteiger partial charge in [-0.2, -0.15) is 0 Å². The fourth-order valence-electron chi connectivity index (χ4n) is 2.26. The number of hydrogen-bond acceptors (Lipinski definition) is 5. The molecule has 0 spiro atoms. The molecule has 1 aliphatic heterocycles. The summed E-state index contributed by atoms with van der Waals surface area (Å²) >= 11 is 6.24. The molecular weight excluding hydrogens is 326 g/mol. The zero-order valence-electron chi connectivity index (χ0n) is 12.1. The largest absolute Gasteiger partial charge is 0.489 e. The third-order valence-corrected chi connectivity index (χ3v) is 4.73. The summed E-state index contributed by atoms with van der Waals surface area (Å²) in [6.07, 6.45) is 0.817. The first kappa shape index (κ1) is 15.4. The topological polar surface area (TPSA) is 61.6 Å². The number of benzene rings is 1. The highest BCUT2D eigenvalue weighted by Gasteiger charge is 2.17. The van der Waals surface area contributed by atoms with Crippen molar-refractivity contribution >= 4 is 22.4 Å². The number of nitrogens with zero attached hydrogens (tertiary/aromatic N) is 1. The average molecular weight is 342 g/mol. The van der Waals surface area contributed by atoms with Gasteiger partial charge in [0.25, 0.3) is 0 Å². The quantitative estimate of drug-likeness (QED) is 0.854. The van der Waals surface area contributed by atoms with Gasteiger partial charge in [0.05, 0.1) is 29.7 Å². The highest BCUT2D eigenvalue weighted by atomic mass is 35.5. The van der Waals surface area contributed by atoms with Crippen LogP contribution in [0.1, 0.15) is 23.4 Å². The molecule has 7 heteroatoms. The van der Waals surface area contributed by atoms with Crippen molar-refractivity contribution < 1.29 is 18.2 Å². The van der Waals surface area contributed by atoms with Crippen LogP contribution in [0.2, 0.25) is 5.02 Å². The molecule has 1 aromatic heterocycles. The van der Waals surface area contributed by atoms with Gasteiger partial charge in [0.1, 0.15) is 5.76 Å². The van der Waals surface area contributed by atoms with Gasteiger partial charge >= 0.3 is 0 Å². The summed E-state index contributed by atoms with van der Waals surface area (Å²) in [7, 11) is -1.10. The van der Waals surface area contributed by atoms with Gasteiger partial charge in [-0.1, -0.05) is 16.8 Å². The summed E-state index contributed by atoms with van der Waals surface area (Å²) < 4.78 is 28.5. The normalized spacial score (nSPS) is 15.4. The summed E-state index contributed by atoms with van der Waals surface area (Å²) in [6, 6.07) is 5.42. The van der Waals surface area contributed by atoms with Crippen molar-refractivity contribution in [2.24, 2.45) is 0 Å². The van der Waals surface area contributed by atoms with E-state index in [1.165, 1.54) is 0 Å². The monoisotopic (exact) mass is 341 g/mol. The Kier molecular flexibility index (Phi) is 4.69. The molecule has 1 atom stereocenters. The van der Waals surface area contributed by atoms with Crippen molar-refractivity contribution in [2.45, 2.75) is 24.9 Å². The van der Waals surface area contributed by atoms with Gasteiger partial charge in [0.2, 0.25) is 0 Å². The minimum absolute atomic E-state index is 0.351. The lowest BCUT2D eigenvalue weighted by Gasteiger charge is -2.11. The molecule has 0 saturated heterocycles. The molecule has 0 unspecified atom stereocenters. The molecule has 118 valence electrons. The van der Waals surface area contributed by atoms with E-state index in [0.717, 1.165) is 12.0 Å². The molecule has 3 rings (SSSR count). The summed E-state index contributed by atoms with van der Waals surface area (Å²) in [5.74, 6) is 2.63. The van der Waals surface area contributed by atoms with Crippen molar-refractivity contribution in [3.63, 3.8) is 0 Å². The Balaban J connectivity index is 1.73. The Morgan fingerprint density at radius 1 is 1.23 bits per heavy atom. The lowest BCUT2D eigenvalue weighted by atomic mass is 10.2. The molecule has 2 aromatic rings. The van der Waals surface area contributed by atoms with Crippen LogP contribution in [0.3, 0.4) is 0 Å². The van der Waals surface area contributed by atoms with E-state index in [4.69, 9.17) is 25.6 Å². The number of fused-ring (bicyclic) bond motifs is 1. The highest BCUT2D eigenvalue weighted by Crippen LogP contribution is 2.38. The molecule has 2 heterocycles. The minimum Gasteiger partial charge on any atom is -0.489 e. The number of aromatic nitrogens is 1. The SMILES string of the molecule is Cc1cc(C[S@@](=O)Cc2cc(Cl)c3c(c2)OCCCO3)no1. The molecule has 0 aliphatic carbocycles. The number of aryl methyl sites for hydroxylation is 1. The maximum atomic E-state index is 12.3. The Hall–Kier alpha value is -1.53. The van der Waals surface area contributed by atoms with E-state index in [-0.39, 0.29) is 0 Å². The van der Waals surface area contributed by atoms with Crippen molar-refractivity contribution in [1.82, 2.24) is 5.16 Å². The molecule has 0 saturated carbocycles. The first-order valence-corrected chi connectivity index (χ1v) is 8.83. The third kappa shape index (κ3) is 3.62. The third-order valence-electron chi connectivity index (χ3n) is 3.18. The van der Waals surface area contributed by atoms with Crippen LogP contribution >= 0.6 is 11.6 Å². The standard InChI is InChI=1S/C15H16ClNO4S/c1-10-5-12(17-21-10)9-22(18)8-11-6-13(16)15-14(7-11)19-3-2-4-20-15/h5-7H,2-4,8-9H2,1H3/t22-/m0/s1. The molecule has 0 radical (unpaired) electrons. The van der Waals surface area contributed by atoms with E-state index in [0.29, 0.717) is 52.7 Å². The fraction of sp³-hybridized carbons (Fsp3) is 0.400. The van der Waals surface area contributed by atoms with E-state index in [9.17, 15) is 4.21 Å². The van der Waals surface area contributed by atoms with E-state index >= 15 is 0 Å². The Morgan fingerprint density at radius 3 is 2.82 bits per heavy atom. The minimum atomic E-state index is -1.10. The van der Waals surface area contributed by atoms with Crippen molar-refractivity contribution in [3.8, 4) is 11.5 Å². The van der Waals surface area contributed by atoms with Crippen molar-refractivity contribution in [3.05, 3.63) is 40.2 Å². The van der Waals surface area contributed by atoms with E-state index in [1.807, 2.05) is 13.0 Å². The van der Waals surface area contributed by atoms with Gasteiger partial charge < -0.3 is 14.0 Å². The van der Waals surface area contributed by atoms with E-state index in [2.05, 4.69) is 5.16 Å². The Morgan fingerprint density at radius 2 is 2.05 bits per heavy atom. The zero-order chi connectivity index (χ0) is 15.5. The molecule has 1 aliphatic rings. The number of halogens is 1. The molecule has 1 aromatic carbocycles. The van der Waals surface area contributed by atoms with Crippen LogP contribution in [-0.4, -0.2) is 22.6 Å². The summed E-state index contributed by atoms with van der Waals surface area (Å²) in [5, 5.41) is 4.35. The van der Waals surface area contributed by atoms with E-state index in [1.54, 1.807) is 12.1 Å². The first-order chi connectivity index (χ1) is 10.6. The maximum Gasteiger partial charge on any atom is 0.179 e. The summed E-state index contributed by atoms with van der Waals surface area (Å²) in [6.45, 7) is 2.99. The lowest BCUT2D eigenvalue weighted by Crippen LogP contribution is -2.01. The van der Waals surface area contributed by atoms with Crippen LogP contribution in [0, 0.1) is 6.92 Å². The van der Waals surface area contributed by atoms with Gasteiger partial charge in [0.15, 0.2) is 11.5 Å². The van der Waals surface area contributed by atoms with Crippen molar-refractivity contribution in [2.75, 3.05) is 13.2 Å². The number of ether oxygens (including phenoxy) is 2. The molecule has 5 nitrogen and oxygen atoms in total. The second-order valence-electron chi connectivity index (χ2n) is 5.11. The Bertz CT molecular complexity index is 701. The second kappa shape index (κ2) is 6.71. The summed E-state index contributed by atoms with van der Waals surface area (Å²) in [4.78, 5) is 0. The first-order valence-electron chi connectivity index (χ1n) is 6.97. The average Bonchev–Trinajstić information content (AvgIpc) is 2.72. The van der Waals surface area contributed by atoms with Crippen LogP contribution < -0.4 is 9.47 Å². The van der Waals surface area contributed by atoms with Crippen LogP contribution in [0.15, 0.2) is 22.7 Å². The van der Waals surface area contributed by atoms with Gasteiger partial charge in [-0.3, -0.25) is 4.21 Å². The smallest absolute Gasteiger partial charge is 0.179 e. The Labute approximate surface area is 136 Å². The van der Waals surface area contributed by atoms with Gasteiger partial charge in [-0.25, -0.2) is 0 Å². The zero-order valence-corrected chi connectivity index (χ0v) is 13.7. The van der Waals surface area contributed by atoms with Crippen molar-refractivity contribution in [1.29, 1.82) is 0 Å². The molecule has 0 amide bonds. The molecule has 0 bridgehead atoms. The fourth-order valence-corrected chi connectivity index (χ4v) is 3.65. The molecule has 0 fully saturated rings. The van der Waals surface area contributed by atoms with Crippen LogP contribution in [0.4, 0.5) is 0 Å². The molecule has 0 N–H and O–H groups in total. The van der Waals surface area contributed by atoms with Gasteiger partial charge in [-0.05, 0) is 24.6 Å². The maximum absolute atomic E-state index is 12.3. The number of rotatable bonds is 4. The van der Waals surface area contributed by atoms with Gasteiger partial charge in [0, 0.05) is 29.0 Å². The predicted octanol–water partition coefficient (Wildman–Crippen LogP) is 3.25. The number of hydrogen-bond donors (Lipinski definition) is 0. The predicted molar refractivity (Wildman–Crippen MR) is 83.8 cm³/mol. The van der Waals surface area contributed by atoms with E-state index < -0.39 is 10.8 Å². The van der Waals surface area contributed by atoms with Crippen LogP contribution in [0.25, 0.3) is 0 Å². The van der Waals surface area contributed by atoms with Crippen LogP contribution in [0.5, 0.6) is 11.5 Å². The van der Waals surface area contributed by atoms with Crippen LogP contribution in [-0.2, 0) is 22.3 Å². The second-order valence-corrected chi connectivity index (χ2v) is 6.98. The lowest BCUT2D eigenvalue weighted by molar-refractivity contribution is 0.297.